The molecule has 0 spiro atoms. The summed E-state index contributed by atoms with van der Waals surface area (Å²) < 4.78 is 7.36. The molecule has 7 nitrogen and oxygen atoms in total. The molecule has 4 aromatic rings. The number of ether oxygens (including phenoxy) is 1. The van der Waals surface area contributed by atoms with E-state index in [4.69, 9.17) is 16.3 Å². The molecular weight excluding hydrogens is 418 g/mol. The van der Waals surface area contributed by atoms with E-state index in [0.717, 1.165) is 4.57 Å². The van der Waals surface area contributed by atoms with E-state index in [2.05, 4.69) is 5.32 Å². The molecule has 0 saturated carbocycles. The molecule has 1 N–H and O–H groups in total. The molecule has 3 aromatic carbocycles. The number of carbonyl (C=O) groups is 1. The number of aromatic nitrogens is 2. The zero-order valence-electron chi connectivity index (χ0n) is 16.5. The smallest absolute Gasteiger partial charge is 0.336 e. The molecule has 0 atom stereocenters. The maximum Gasteiger partial charge on any atom is 0.336 e. The van der Waals surface area contributed by atoms with Gasteiger partial charge in [-0.1, -0.05) is 35.9 Å². The van der Waals surface area contributed by atoms with E-state index in [1.807, 2.05) is 0 Å². The molecule has 0 aliphatic rings. The van der Waals surface area contributed by atoms with Crippen LogP contribution in [-0.2, 0) is 11.3 Å². The Morgan fingerprint density at radius 2 is 1.65 bits per heavy atom. The molecule has 31 heavy (non-hydrogen) atoms. The fraction of sp³-hybridized carbons (Fsp3) is 0.0870. The standard InChI is InChI=1S/C23H18ClN3O4/c1-31-16-12-10-15(11-13-16)25-21(28)14-26-19-8-4-2-6-17(19)22(29)27(23(26)30)20-9-5-3-7-18(20)24/h2-13H,14H2,1H3,(H,25,28). The molecule has 0 saturated heterocycles. The van der Waals surface area contributed by atoms with Crippen molar-refractivity contribution in [2.45, 2.75) is 6.54 Å². The lowest BCUT2D eigenvalue weighted by Crippen LogP contribution is -2.41. The van der Waals surface area contributed by atoms with Crippen LogP contribution >= 0.6 is 11.6 Å². The number of hydrogen-bond donors (Lipinski definition) is 1. The van der Waals surface area contributed by atoms with E-state index >= 15 is 0 Å². The van der Waals surface area contributed by atoms with Gasteiger partial charge in [0.15, 0.2) is 0 Å². The van der Waals surface area contributed by atoms with Crippen LogP contribution in [0, 0.1) is 0 Å². The summed E-state index contributed by atoms with van der Waals surface area (Å²) in [7, 11) is 1.55. The predicted molar refractivity (Wildman–Crippen MR) is 120 cm³/mol. The highest BCUT2D eigenvalue weighted by Crippen LogP contribution is 2.19. The number of fused-ring (bicyclic) bond motifs is 1. The number of anilines is 1. The molecule has 1 amide bonds. The van der Waals surface area contributed by atoms with Crippen molar-refractivity contribution in [1.29, 1.82) is 0 Å². The summed E-state index contributed by atoms with van der Waals surface area (Å²) in [5.74, 6) is 0.244. The summed E-state index contributed by atoms with van der Waals surface area (Å²) >= 11 is 6.25. The maximum atomic E-state index is 13.3. The number of benzene rings is 3. The quantitative estimate of drug-likeness (QED) is 0.520. The van der Waals surface area contributed by atoms with Gasteiger partial charge >= 0.3 is 5.69 Å². The van der Waals surface area contributed by atoms with E-state index in [0.29, 0.717) is 22.3 Å². The average Bonchev–Trinajstić information content (AvgIpc) is 2.78. The first-order valence-corrected chi connectivity index (χ1v) is 9.81. The Hall–Kier alpha value is -3.84. The number of nitrogens with one attached hydrogen (secondary N) is 1. The highest BCUT2D eigenvalue weighted by atomic mass is 35.5. The molecule has 156 valence electrons. The van der Waals surface area contributed by atoms with Gasteiger partial charge in [-0.25, -0.2) is 9.36 Å². The van der Waals surface area contributed by atoms with Gasteiger partial charge in [0.05, 0.1) is 28.7 Å². The van der Waals surface area contributed by atoms with Crippen molar-refractivity contribution in [1.82, 2.24) is 9.13 Å². The topological polar surface area (TPSA) is 82.3 Å². The summed E-state index contributed by atoms with van der Waals surface area (Å²) in [5, 5.41) is 3.31. The predicted octanol–water partition coefficient (Wildman–Crippen LogP) is 3.45. The Balaban J connectivity index is 1.80. The Morgan fingerprint density at radius 3 is 2.35 bits per heavy atom. The van der Waals surface area contributed by atoms with Gasteiger partial charge in [0.25, 0.3) is 5.56 Å². The molecule has 0 aliphatic heterocycles. The molecule has 0 bridgehead atoms. The molecular formula is C23H18ClN3O4. The van der Waals surface area contributed by atoms with Crippen LogP contribution in [0.5, 0.6) is 5.75 Å². The number of hydrogen-bond acceptors (Lipinski definition) is 4. The SMILES string of the molecule is COc1ccc(NC(=O)Cn2c(=O)n(-c3ccccc3Cl)c(=O)c3ccccc32)cc1. The fourth-order valence-electron chi connectivity index (χ4n) is 3.34. The van der Waals surface area contributed by atoms with Gasteiger partial charge in [-0.05, 0) is 48.5 Å². The van der Waals surface area contributed by atoms with Crippen LogP contribution in [0.15, 0.2) is 82.4 Å². The zero-order valence-corrected chi connectivity index (χ0v) is 17.3. The highest BCUT2D eigenvalue weighted by Gasteiger charge is 2.17. The third-order valence-electron chi connectivity index (χ3n) is 4.82. The van der Waals surface area contributed by atoms with Crippen molar-refractivity contribution in [3.8, 4) is 11.4 Å². The summed E-state index contributed by atoms with van der Waals surface area (Å²) in [6, 6.07) is 20.1. The Kier molecular flexibility index (Phi) is 5.60. The number of rotatable bonds is 5. The largest absolute Gasteiger partial charge is 0.497 e. The zero-order chi connectivity index (χ0) is 22.0. The van der Waals surface area contributed by atoms with Crippen LogP contribution in [0.25, 0.3) is 16.6 Å². The summed E-state index contributed by atoms with van der Waals surface area (Å²) in [5.41, 5.74) is 0.0321. The Morgan fingerprint density at radius 1 is 0.968 bits per heavy atom. The Labute approximate surface area is 182 Å². The van der Waals surface area contributed by atoms with Gasteiger partial charge in [-0.3, -0.25) is 14.2 Å². The molecule has 4 rings (SSSR count). The Bertz CT molecular complexity index is 1390. The van der Waals surface area contributed by atoms with Crippen LogP contribution < -0.4 is 21.3 Å². The summed E-state index contributed by atoms with van der Waals surface area (Å²) in [6.45, 7) is -0.282. The van der Waals surface area contributed by atoms with Crippen molar-refractivity contribution in [3.05, 3.63) is 98.7 Å². The number of para-hydroxylation sites is 2. The van der Waals surface area contributed by atoms with Gasteiger partial charge in [0.1, 0.15) is 12.3 Å². The van der Waals surface area contributed by atoms with Crippen molar-refractivity contribution in [3.63, 3.8) is 0 Å². The van der Waals surface area contributed by atoms with Crippen molar-refractivity contribution >= 4 is 34.1 Å². The number of carbonyl (C=O) groups excluding carboxylic acids is 1. The summed E-state index contributed by atoms with van der Waals surface area (Å²) in [4.78, 5) is 39.1. The second-order valence-electron chi connectivity index (χ2n) is 6.75. The van der Waals surface area contributed by atoms with Gasteiger partial charge in [-0.15, -0.1) is 0 Å². The number of methoxy groups -OCH3 is 1. The van der Waals surface area contributed by atoms with E-state index < -0.39 is 17.2 Å². The van der Waals surface area contributed by atoms with Gasteiger partial charge in [0.2, 0.25) is 5.91 Å². The van der Waals surface area contributed by atoms with Crippen LogP contribution in [0.4, 0.5) is 5.69 Å². The van der Waals surface area contributed by atoms with Gasteiger partial charge < -0.3 is 10.1 Å². The molecule has 0 aliphatic carbocycles. The first-order chi connectivity index (χ1) is 15.0. The van der Waals surface area contributed by atoms with Crippen LogP contribution in [0.3, 0.4) is 0 Å². The van der Waals surface area contributed by atoms with Crippen molar-refractivity contribution < 1.29 is 9.53 Å². The van der Waals surface area contributed by atoms with Crippen molar-refractivity contribution in [2.24, 2.45) is 0 Å². The molecule has 1 heterocycles. The van der Waals surface area contributed by atoms with Crippen LogP contribution in [0.2, 0.25) is 5.02 Å². The maximum absolute atomic E-state index is 13.3. The van der Waals surface area contributed by atoms with E-state index in [1.165, 1.54) is 4.57 Å². The third-order valence-corrected chi connectivity index (χ3v) is 5.14. The number of halogens is 1. The lowest BCUT2D eigenvalue weighted by Gasteiger charge is -2.15. The molecule has 0 fully saturated rings. The van der Waals surface area contributed by atoms with Crippen LogP contribution in [-0.4, -0.2) is 22.2 Å². The third kappa shape index (κ3) is 3.95. The van der Waals surface area contributed by atoms with E-state index in [1.54, 1.807) is 79.9 Å². The van der Waals surface area contributed by atoms with Gasteiger partial charge in [0, 0.05) is 5.69 Å². The second kappa shape index (κ2) is 8.49. The monoisotopic (exact) mass is 435 g/mol. The minimum absolute atomic E-state index is 0.256. The highest BCUT2D eigenvalue weighted by molar-refractivity contribution is 6.32. The molecule has 0 unspecified atom stereocenters. The van der Waals surface area contributed by atoms with Crippen molar-refractivity contribution in [2.75, 3.05) is 12.4 Å². The molecule has 0 radical (unpaired) electrons. The second-order valence-corrected chi connectivity index (χ2v) is 7.16. The summed E-state index contributed by atoms with van der Waals surface area (Å²) in [6.07, 6.45) is 0. The lowest BCUT2D eigenvalue weighted by molar-refractivity contribution is -0.116. The number of nitrogens with zero attached hydrogens (tertiary/aromatic N) is 2. The van der Waals surface area contributed by atoms with Gasteiger partial charge in [-0.2, -0.15) is 0 Å². The molecule has 1 aromatic heterocycles. The molecule has 8 heteroatoms. The van der Waals surface area contributed by atoms with E-state index in [-0.39, 0.29) is 17.3 Å². The van der Waals surface area contributed by atoms with E-state index in [9.17, 15) is 14.4 Å². The average molecular weight is 436 g/mol. The minimum atomic E-state index is -0.651. The minimum Gasteiger partial charge on any atom is -0.497 e. The first-order valence-electron chi connectivity index (χ1n) is 9.43. The number of amides is 1. The lowest BCUT2D eigenvalue weighted by atomic mass is 10.2. The van der Waals surface area contributed by atoms with Crippen LogP contribution in [0.1, 0.15) is 0 Å². The normalized spacial score (nSPS) is 10.8. The fourth-order valence-corrected chi connectivity index (χ4v) is 3.56. The first kappa shape index (κ1) is 20.4.